The van der Waals surface area contributed by atoms with E-state index in [1.807, 2.05) is 35.2 Å². The van der Waals surface area contributed by atoms with Crippen LogP contribution in [-0.4, -0.2) is 42.1 Å². The summed E-state index contributed by atoms with van der Waals surface area (Å²) < 4.78 is 0. The highest BCUT2D eigenvalue weighted by atomic mass is 16.2. The zero-order valence-corrected chi connectivity index (χ0v) is 15.0. The number of hydrogen-bond donors (Lipinski definition) is 1. The number of benzene rings is 1. The Balaban J connectivity index is 1.53. The van der Waals surface area contributed by atoms with Gasteiger partial charge in [0, 0.05) is 38.1 Å². The van der Waals surface area contributed by atoms with Crippen molar-refractivity contribution < 1.29 is 4.79 Å². The molecule has 1 N–H and O–H groups in total. The molecule has 1 aromatic heterocycles. The maximum atomic E-state index is 12.5. The van der Waals surface area contributed by atoms with E-state index in [0.717, 1.165) is 31.0 Å². The molecule has 3 rings (SSSR count). The van der Waals surface area contributed by atoms with Crippen molar-refractivity contribution in [1.82, 2.24) is 9.88 Å². The summed E-state index contributed by atoms with van der Waals surface area (Å²) in [6, 6.07) is 14.1. The summed E-state index contributed by atoms with van der Waals surface area (Å²) in [4.78, 5) is 20.9. The largest absolute Gasteiger partial charge is 0.353 e. The zero-order chi connectivity index (χ0) is 17.6. The van der Waals surface area contributed by atoms with Gasteiger partial charge in [-0.25, -0.2) is 9.78 Å². The maximum absolute atomic E-state index is 12.5. The first kappa shape index (κ1) is 17.3. The van der Waals surface area contributed by atoms with Crippen molar-refractivity contribution in [2.75, 3.05) is 36.4 Å². The maximum Gasteiger partial charge on any atom is 0.321 e. The third-order valence-corrected chi connectivity index (χ3v) is 4.88. The number of nitrogens with one attached hydrogen (secondary N) is 1. The molecule has 1 unspecified atom stereocenters. The second-order valence-corrected chi connectivity index (χ2v) is 6.52. The Labute approximate surface area is 149 Å². The summed E-state index contributed by atoms with van der Waals surface area (Å²) in [5, 5.41) is 3.00. The number of carbonyl (C=O) groups excluding carboxylic acids is 1. The Bertz CT molecular complexity index is 679. The molecule has 5 nitrogen and oxygen atoms in total. The topological polar surface area (TPSA) is 48.5 Å². The van der Waals surface area contributed by atoms with Gasteiger partial charge in [0.05, 0.1) is 0 Å². The van der Waals surface area contributed by atoms with Gasteiger partial charge >= 0.3 is 6.03 Å². The van der Waals surface area contributed by atoms with E-state index in [1.54, 1.807) is 6.20 Å². The minimum Gasteiger partial charge on any atom is -0.353 e. The lowest BCUT2D eigenvalue weighted by molar-refractivity contribution is 0.208. The van der Waals surface area contributed by atoms with E-state index < -0.39 is 0 Å². The highest BCUT2D eigenvalue weighted by molar-refractivity contribution is 5.89. The van der Waals surface area contributed by atoms with Crippen molar-refractivity contribution in [3.05, 3.63) is 54.2 Å². The number of anilines is 2. The standard InChI is InChI=1S/C20H26N4O/c1-3-16(2)17-7-9-18(10-8-17)22-20(25)24-14-12-23(13-15-24)19-6-4-5-11-21-19/h4-11,16H,3,12-15H2,1-2H3,(H,22,25). The average molecular weight is 338 g/mol. The van der Waals surface area contributed by atoms with E-state index in [2.05, 4.69) is 41.2 Å². The van der Waals surface area contributed by atoms with Gasteiger partial charge in [0.2, 0.25) is 0 Å². The number of hydrogen-bond acceptors (Lipinski definition) is 3. The van der Waals surface area contributed by atoms with Gasteiger partial charge in [-0.2, -0.15) is 0 Å². The third-order valence-electron chi connectivity index (χ3n) is 4.88. The number of amides is 2. The number of carbonyl (C=O) groups is 1. The quantitative estimate of drug-likeness (QED) is 0.918. The summed E-state index contributed by atoms with van der Waals surface area (Å²) in [5.74, 6) is 1.52. The van der Waals surface area contributed by atoms with Crippen LogP contribution in [0.15, 0.2) is 48.7 Å². The molecular weight excluding hydrogens is 312 g/mol. The first-order chi connectivity index (χ1) is 12.2. The van der Waals surface area contributed by atoms with E-state index in [-0.39, 0.29) is 6.03 Å². The molecule has 0 spiro atoms. The second kappa shape index (κ2) is 8.01. The Hall–Kier alpha value is -2.56. The van der Waals surface area contributed by atoms with Gasteiger partial charge in [0.1, 0.15) is 5.82 Å². The number of urea groups is 1. The van der Waals surface area contributed by atoms with Crippen LogP contribution in [0.1, 0.15) is 31.7 Å². The Morgan fingerprint density at radius 1 is 1.12 bits per heavy atom. The van der Waals surface area contributed by atoms with E-state index in [4.69, 9.17) is 0 Å². The van der Waals surface area contributed by atoms with Gasteiger partial charge in [-0.3, -0.25) is 0 Å². The molecule has 5 heteroatoms. The van der Waals surface area contributed by atoms with Crippen molar-refractivity contribution in [3.8, 4) is 0 Å². The summed E-state index contributed by atoms with van der Waals surface area (Å²) in [5.41, 5.74) is 2.16. The fourth-order valence-corrected chi connectivity index (χ4v) is 3.01. The van der Waals surface area contributed by atoms with Crippen LogP contribution in [0, 0.1) is 0 Å². The minimum absolute atomic E-state index is 0.0306. The van der Waals surface area contributed by atoms with Gasteiger partial charge in [-0.05, 0) is 42.2 Å². The normalized spacial score (nSPS) is 15.8. The predicted octanol–water partition coefficient (Wildman–Crippen LogP) is 3.95. The highest BCUT2D eigenvalue weighted by Crippen LogP contribution is 2.21. The van der Waals surface area contributed by atoms with Gasteiger partial charge in [0.15, 0.2) is 0 Å². The summed E-state index contributed by atoms with van der Waals surface area (Å²) in [7, 11) is 0. The molecule has 2 heterocycles. The molecule has 2 aromatic rings. The van der Waals surface area contributed by atoms with E-state index in [1.165, 1.54) is 5.56 Å². The van der Waals surface area contributed by atoms with Crippen LogP contribution in [0.4, 0.5) is 16.3 Å². The van der Waals surface area contributed by atoms with Crippen LogP contribution in [-0.2, 0) is 0 Å². The molecule has 1 aromatic carbocycles. The fourth-order valence-electron chi connectivity index (χ4n) is 3.01. The molecule has 1 saturated heterocycles. The van der Waals surface area contributed by atoms with E-state index >= 15 is 0 Å². The number of aromatic nitrogens is 1. The van der Waals surface area contributed by atoms with Gasteiger partial charge in [-0.1, -0.05) is 32.0 Å². The monoisotopic (exact) mass is 338 g/mol. The summed E-state index contributed by atoms with van der Waals surface area (Å²) >= 11 is 0. The van der Waals surface area contributed by atoms with Gasteiger partial charge < -0.3 is 15.1 Å². The minimum atomic E-state index is -0.0306. The molecule has 0 aliphatic carbocycles. The summed E-state index contributed by atoms with van der Waals surface area (Å²) in [6.45, 7) is 7.41. The Morgan fingerprint density at radius 3 is 2.44 bits per heavy atom. The van der Waals surface area contributed by atoms with Crippen molar-refractivity contribution in [2.24, 2.45) is 0 Å². The fraction of sp³-hybridized carbons (Fsp3) is 0.400. The van der Waals surface area contributed by atoms with Crippen LogP contribution >= 0.6 is 0 Å². The molecule has 25 heavy (non-hydrogen) atoms. The molecule has 132 valence electrons. The molecule has 1 fully saturated rings. The van der Waals surface area contributed by atoms with Crippen LogP contribution in [0.25, 0.3) is 0 Å². The van der Waals surface area contributed by atoms with E-state index in [9.17, 15) is 4.79 Å². The van der Waals surface area contributed by atoms with Crippen LogP contribution in [0.2, 0.25) is 0 Å². The van der Waals surface area contributed by atoms with Crippen molar-refractivity contribution in [2.45, 2.75) is 26.2 Å². The number of pyridine rings is 1. The lowest BCUT2D eigenvalue weighted by Gasteiger charge is -2.35. The van der Waals surface area contributed by atoms with Crippen molar-refractivity contribution >= 4 is 17.5 Å². The smallest absolute Gasteiger partial charge is 0.321 e. The molecule has 2 amide bonds. The molecule has 0 radical (unpaired) electrons. The molecule has 0 saturated carbocycles. The molecule has 1 aliphatic heterocycles. The second-order valence-electron chi connectivity index (χ2n) is 6.52. The molecule has 0 bridgehead atoms. The third kappa shape index (κ3) is 4.29. The van der Waals surface area contributed by atoms with Crippen molar-refractivity contribution in [3.63, 3.8) is 0 Å². The number of rotatable bonds is 4. The van der Waals surface area contributed by atoms with Crippen LogP contribution < -0.4 is 10.2 Å². The first-order valence-electron chi connectivity index (χ1n) is 8.99. The van der Waals surface area contributed by atoms with Crippen LogP contribution in [0.3, 0.4) is 0 Å². The predicted molar refractivity (Wildman–Crippen MR) is 102 cm³/mol. The Kier molecular flexibility index (Phi) is 5.53. The molecular formula is C20H26N4O. The van der Waals surface area contributed by atoms with Gasteiger partial charge in [-0.15, -0.1) is 0 Å². The van der Waals surface area contributed by atoms with E-state index in [0.29, 0.717) is 19.0 Å². The molecule has 1 aliphatic rings. The lowest BCUT2D eigenvalue weighted by atomic mass is 9.99. The van der Waals surface area contributed by atoms with Crippen molar-refractivity contribution in [1.29, 1.82) is 0 Å². The average Bonchev–Trinajstić information content (AvgIpc) is 2.68. The molecule has 1 atom stereocenters. The Morgan fingerprint density at radius 2 is 1.84 bits per heavy atom. The zero-order valence-electron chi connectivity index (χ0n) is 15.0. The van der Waals surface area contributed by atoms with Gasteiger partial charge in [0.25, 0.3) is 0 Å². The summed E-state index contributed by atoms with van der Waals surface area (Å²) in [6.07, 6.45) is 2.92. The highest BCUT2D eigenvalue weighted by Gasteiger charge is 2.21. The number of piperazine rings is 1. The number of nitrogens with zero attached hydrogens (tertiary/aromatic N) is 3. The first-order valence-corrected chi connectivity index (χ1v) is 8.99. The van der Waals surface area contributed by atoms with Crippen LogP contribution in [0.5, 0.6) is 0 Å². The SMILES string of the molecule is CCC(C)c1ccc(NC(=O)N2CCN(c3ccccn3)CC2)cc1. The lowest BCUT2D eigenvalue weighted by Crippen LogP contribution is -2.50.